The smallest absolute Gasteiger partial charge is 0.341 e. The lowest BCUT2D eigenvalue weighted by Gasteiger charge is -2.12. The first-order valence-corrected chi connectivity index (χ1v) is 5.05. The molecule has 17 heavy (non-hydrogen) atoms. The second-order valence-electron chi connectivity index (χ2n) is 3.82. The van der Waals surface area contributed by atoms with Gasteiger partial charge in [0.1, 0.15) is 17.5 Å². The van der Waals surface area contributed by atoms with Gasteiger partial charge in [0.15, 0.2) is 0 Å². The molecule has 1 aromatic carbocycles. The summed E-state index contributed by atoms with van der Waals surface area (Å²) in [6.45, 7) is 0. The molecule has 88 valence electrons. The van der Waals surface area contributed by atoms with Gasteiger partial charge in [0.25, 0.3) is 0 Å². The molecular weight excluding hydrogens is 220 g/mol. The Balaban J connectivity index is 2.40. The average molecular weight is 232 g/mol. The van der Waals surface area contributed by atoms with E-state index < -0.39 is 5.97 Å². The second kappa shape index (κ2) is 4.29. The maximum atomic E-state index is 10.9. The normalized spacial score (nSPS) is 10.2. The molecule has 0 aliphatic heterocycles. The first-order valence-electron chi connectivity index (χ1n) is 5.05. The molecule has 2 rings (SSSR count). The van der Waals surface area contributed by atoms with E-state index in [0.717, 1.165) is 17.5 Å². The van der Waals surface area contributed by atoms with Gasteiger partial charge in [0.05, 0.1) is 0 Å². The van der Waals surface area contributed by atoms with Crippen LogP contribution in [0.2, 0.25) is 0 Å². The Morgan fingerprint density at radius 1 is 1.29 bits per heavy atom. The van der Waals surface area contributed by atoms with Crippen LogP contribution in [0.15, 0.2) is 35.1 Å². The van der Waals surface area contributed by atoms with Crippen molar-refractivity contribution in [2.45, 2.75) is 0 Å². The Labute approximate surface area is 98.3 Å². The minimum Gasteiger partial charge on any atom is -0.477 e. The van der Waals surface area contributed by atoms with Crippen molar-refractivity contribution < 1.29 is 14.4 Å². The molecule has 1 heterocycles. The maximum absolute atomic E-state index is 10.9. The number of benzene rings is 1. The van der Waals surface area contributed by atoms with Crippen LogP contribution in [0.25, 0.3) is 11.3 Å². The minimum absolute atomic E-state index is 0.0719. The average Bonchev–Trinajstić information content (AvgIpc) is 2.78. The zero-order chi connectivity index (χ0) is 12.4. The third-order valence-corrected chi connectivity index (χ3v) is 2.46. The van der Waals surface area contributed by atoms with Gasteiger partial charge in [-0.15, -0.1) is 0 Å². The highest BCUT2D eigenvalue weighted by molar-refractivity contribution is 5.94. The SMILES string of the molecule is CN(C)c1ccc(-c2nocc2C(=O)O)cc1. The Morgan fingerprint density at radius 3 is 2.47 bits per heavy atom. The van der Waals surface area contributed by atoms with Crippen molar-refractivity contribution >= 4 is 11.7 Å². The van der Waals surface area contributed by atoms with Crippen LogP contribution in [0.3, 0.4) is 0 Å². The molecule has 0 aliphatic rings. The summed E-state index contributed by atoms with van der Waals surface area (Å²) in [5.41, 5.74) is 2.18. The van der Waals surface area contributed by atoms with Crippen LogP contribution >= 0.6 is 0 Å². The van der Waals surface area contributed by atoms with Gasteiger partial charge in [0, 0.05) is 25.3 Å². The molecular formula is C12H12N2O3. The van der Waals surface area contributed by atoms with Gasteiger partial charge in [0.2, 0.25) is 0 Å². The highest BCUT2D eigenvalue weighted by atomic mass is 16.5. The van der Waals surface area contributed by atoms with Crippen LogP contribution in [-0.2, 0) is 0 Å². The zero-order valence-electron chi connectivity index (χ0n) is 9.54. The van der Waals surface area contributed by atoms with Gasteiger partial charge in [-0.05, 0) is 12.1 Å². The highest BCUT2D eigenvalue weighted by Crippen LogP contribution is 2.24. The Kier molecular flexibility index (Phi) is 2.82. The van der Waals surface area contributed by atoms with E-state index in [1.807, 2.05) is 43.3 Å². The molecule has 0 aliphatic carbocycles. The lowest BCUT2D eigenvalue weighted by Crippen LogP contribution is -2.08. The summed E-state index contributed by atoms with van der Waals surface area (Å²) in [4.78, 5) is 12.9. The highest BCUT2D eigenvalue weighted by Gasteiger charge is 2.16. The molecule has 0 bridgehead atoms. The van der Waals surface area contributed by atoms with Crippen LogP contribution < -0.4 is 4.90 Å². The fourth-order valence-corrected chi connectivity index (χ4v) is 1.51. The fraction of sp³-hybridized carbons (Fsp3) is 0.167. The first kappa shape index (κ1) is 11.2. The van der Waals surface area contributed by atoms with Crippen LogP contribution in [0, 0.1) is 0 Å². The van der Waals surface area contributed by atoms with E-state index in [4.69, 9.17) is 9.63 Å². The molecule has 5 nitrogen and oxygen atoms in total. The summed E-state index contributed by atoms with van der Waals surface area (Å²) in [7, 11) is 3.88. The molecule has 0 spiro atoms. The number of nitrogens with zero attached hydrogens (tertiary/aromatic N) is 2. The first-order chi connectivity index (χ1) is 8.09. The number of carbonyl (C=O) groups is 1. The standard InChI is InChI=1S/C12H12N2O3/c1-14(2)9-5-3-8(4-6-9)11-10(12(15)16)7-17-13-11/h3-7H,1-2H3,(H,15,16). The zero-order valence-corrected chi connectivity index (χ0v) is 9.54. The number of hydrogen-bond acceptors (Lipinski definition) is 4. The Hall–Kier alpha value is -2.30. The quantitative estimate of drug-likeness (QED) is 0.877. The summed E-state index contributed by atoms with van der Waals surface area (Å²) in [6, 6.07) is 7.44. The molecule has 1 N–H and O–H groups in total. The van der Waals surface area contributed by atoms with Gasteiger partial charge >= 0.3 is 5.97 Å². The third-order valence-electron chi connectivity index (χ3n) is 2.46. The molecule has 5 heteroatoms. The van der Waals surface area contributed by atoms with Crippen molar-refractivity contribution in [2.75, 3.05) is 19.0 Å². The summed E-state index contributed by atoms with van der Waals surface area (Å²) in [5, 5.41) is 12.7. The fourth-order valence-electron chi connectivity index (χ4n) is 1.51. The second-order valence-corrected chi connectivity index (χ2v) is 3.82. The van der Waals surface area contributed by atoms with E-state index in [0.29, 0.717) is 5.69 Å². The summed E-state index contributed by atoms with van der Waals surface area (Å²) in [6.07, 6.45) is 1.14. The summed E-state index contributed by atoms with van der Waals surface area (Å²) in [5.74, 6) is -1.04. The monoisotopic (exact) mass is 232 g/mol. The molecule has 0 unspecified atom stereocenters. The van der Waals surface area contributed by atoms with Gasteiger partial charge in [-0.2, -0.15) is 0 Å². The van der Waals surface area contributed by atoms with Crippen molar-refractivity contribution in [1.82, 2.24) is 5.16 Å². The van der Waals surface area contributed by atoms with Gasteiger partial charge in [-0.1, -0.05) is 17.3 Å². The van der Waals surface area contributed by atoms with E-state index in [2.05, 4.69) is 5.16 Å². The van der Waals surface area contributed by atoms with Crippen molar-refractivity contribution in [3.05, 3.63) is 36.1 Å². The van der Waals surface area contributed by atoms with E-state index >= 15 is 0 Å². The summed E-state index contributed by atoms with van der Waals surface area (Å²) >= 11 is 0. The largest absolute Gasteiger partial charge is 0.477 e. The lowest BCUT2D eigenvalue weighted by molar-refractivity contribution is 0.0697. The predicted octanol–water partition coefficient (Wildman–Crippen LogP) is 2.11. The van der Waals surface area contributed by atoms with Gasteiger partial charge < -0.3 is 14.5 Å². The Morgan fingerprint density at radius 2 is 1.94 bits per heavy atom. The Bertz CT molecular complexity index is 529. The summed E-state index contributed by atoms with van der Waals surface area (Å²) < 4.78 is 4.70. The van der Waals surface area contributed by atoms with Crippen LogP contribution in [-0.4, -0.2) is 30.3 Å². The number of aromatic nitrogens is 1. The lowest BCUT2D eigenvalue weighted by atomic mass is 10.1. The van der Waals surface area contributed by atoms with Crippen LogP contribution in [0.5, 0.6) is 0 Å². The van der Waals surface area contributed by atoms with Gasteiger partial charge in [-0.25, -0.2) is 4.79 Å². The van der Waals surface area contributed by atoms with E-state index in [-0.39, 0.29) is 5.56 Å². The van der Waals surface area contributed by atoms with Gasteiger partial charge in [-0.3, -0.25) is 0 Å². The van der Waals surface area contributed by atoms with Crippen molar-refractivity contribution in [1.29, 1.82) is 0 Å². The molecule has 0 atom stereocenters. The number of aromatic carboxylic acids is 1. The molecule has 0 saturated heterocycles. The number of hydrogen-bond donors (Lipinski definition) is 1. The maximum Gasteiger partial charge on any atom is 0.341 e. The topological polar surface area (TPSA) is 66.6 Å². The number of anilines is 1. The molecule has 1 aromatic heterocycles. The number of carboxylic acid groups (broad SMARTS) is 1. The van der Waals surface area contributed by atoms with Crippen LogP contribution in [0.1, 0.15) is 10.4 Å². The molecule has 2 aromatic rings. The number of rotatable bonds is 3. The number of carboxylic acids is 1. The minimum atomic E-state index is -1.04. The predicted molar refractivity (Wildman–Crippen MR) is 63.2 cm³/mol. The van der Waals surface area contributed by atoms with Crippen LogP contribution in [0.4, 0.5) is 5.69 Å². The van der Waals surface area contributed by atoms with Crippen molar-refractivity contribution in [3.63, 3.8) is 0 Å². The van der Waals surface area contributed by atoms with E-state index in [1.165, 1.54) is 0 Å². The molecule has 0 fully saturated rings. The third kappa shape index (κ3) is 2.13. The van der Waals surface area contributed by atoms with Crippen molar-refractivity contribution in [3.8, 4) is 11.3 Å². The molecule has 0 saturated carbocycles. The van der Waals surface area contributed by atoms with E-state index in [9.17, 15) is 4.79 Å². The molecule has 0 amide bonds. The molecule has 0 radical (unpaired) electrons. The van der Waals surface area contributed by atoms with E-state index in [1.54, 1.807) is 0 Å². The van der Waals surface area contributed by atoms with Crippen molar-refractivity contribution in [2.24, 2.45) is 0 Å².